The molecule has 1 aliphatic rings. The van der Waals surface area contributed by atoms with Gasteiger partial charge in [0.05, 0.1) is 11.5 Å². The SMILES string of the molecule is CCCCOC(=O)[C@@H]1CCCN1S(=O)(=O)c1ccc(Cl)cc1Br. The molecule has 5 nitrogen and oxygen atoms in total. The standard InChI is InChI=1S/C15H19BrClNO4S/c1-2-3-9-22-15(19)13-5-4-8-18(13)23(20,21)14-7-6-11(17)10-12(14)16/h6-7,10,13H,2-5,8-9H2,1H3/t13-/m0/s1. The quantitative estimate of drug-likeness (QED) is 0.517. The molecule has 0 amide bonds. The van der Waals surface area contributed by atoms with Gasteiger partial charge >= 0.3 is 5.97 Å². The van der Waals surface area contributed by atoms with Crippen LogP contribution in [0.1, 0.15) is 32.6 Å². The number of halogens is 2. The summed E-state index contributed by atoms with van der Waals surface area (Å²) in [5, 5.41) is 0.438. The Morgan fingerprint density at radius 1 is 1.48 bits per heavy atom. The van der Waals surface area contributed by atoms with Crippen molar-refractivity contribution in [2.75, 3.05) is 13.2 Å². The molecule has 0 aromatic heterocycles. The molecular formula is C15H19BrClNO4S. The Morgan fingerprint density at radius 2 is 2.22 bits per heavy atom. The number of benzene rings is 1. The van der Waals surface area contributed by atoms with Gasteiger partial charge in [-0.15, -0.1) is 0 Å². The second kappa shape index (κ2) is 7.96. The summed E-state index contributed by atoms with van der Waals surface area (Å²) in [4.78, 5) is 12.3. The fourth-order valence-electron chi connectivity index (χ4n) is 2.49. The number of nitrogens with zero attached hydrogens (tertiary/aromatic N) is 1. The zero-order valence-electron chi connectivity index (χ0n) is 12.8. The lowest BCUT2D eigenvalue weighted by Gasteiger charge is -2.23. The highest BCUT2D eigenvalue weighted by molar-refractivity contribution is 9.10. The molecule has 0 saturated carbocycles. The monoisotopic (exact) mass is 423 g/mol. The molecule has 0 N–H and O–H groups in total. The van der Waals surface area contributed by atoms with Gasteiger partial charge in [0.15, 0.2) is 0 Å². The van der Waals surface area contributed by atoms with Crippen molar-refractivity contribution >= 4 is 43.5 Å². The summed E-state index contributed by atoms with van der Waals surface area (Å²) >= 11 is 9.10. The molecule has 1 aromatic carbocycles. The normalized spacial score (nSPS) is 19.0. The smallest absolute Gasteiger partial charge is 0.324 e. The molecule has 128 valence electrons. The summed E-state index contributed by atoms with van der Waals surface area (Å²) in [6, 6.07) is 3.74. The van der Waals surface area contributed by atoms with Crippen LogP contribution < -0.4 is 0 Å². The Labute approximate surface area is 150 Å². The Morgan fingerprint density at radius 3 is 2.87 bits per heavy atom. The van der Waals surface area contributed by atoms with Gasteiger partial charge in [0.1, 0.15) is 6.04 Å². The number of hydrogen-bond acceptors (Lipinski definition) is 4. The van der Waals surface area contributed by atoms with E-state index in [2.05, 4.69) is 15.9 Å². The number of unbranched alkanes of at least 4 members (excludes halogenated alkanes) is 1. The fourth-order valence-corrected chi connectivity index (χ4v) is 5.48. The van der Waals surface area contributed by atoms with Crippen molar-refractivity contribution in [1.29, 1.82) is 0 Å². The maximum Gasteiger partial charge on any atom is 0.324 e. The number of esters is 1. The van der Waals surface area contributed by atoms with Crippen LogP contribution in [-0.2, 0) is 19.6 Å². The number of carbonyl (C=O) groups excluding carboxylic acids is 1. The van der Waals surface area contributed by atoms with E-state index >= 15 is 0 Å². The second-order valence-electron chi connectivity index (χ2n) is 5.37. The van der Waals surface area contributed by atoms with Crippen LogP contribution >= 0.6 is 27.5 Å². The van der Waals surface area contributed by atoms with Crippen LogP contribution in [0, 0.1) is 0 Å². The molecule has 0 radical (unpaired) electrons. The van der Waals surface area contributed by atoms with Crippen molar-refractivity contribution in [3.63, 3.8) is 0 Å². The van der Waals surface area contributed by atoms with Crippen molar-refractivity contribution in [2.45, 2.75) is 43.5 Å². The first-order valence-corrected chi connectivity index (χ1v) is 10.1. The molecule has 0 bridgehead atoms. The van der Waals surface area contributed by atoms with Gasteiger partial charge in [0, 0.05) is 16.0 Å². The number of sulfonamides is 1. The van der Waals surface area contributed by atoms with Crippen LogP contribution in [0.2, 0.25) is 5.02 Å². The van der Waals surface area contributed by atoms with Crippen molar-refractivity contribution in [2.24, 2.45) is 0 Å². The van der Waals surface area contributed by atoms with E-state index in [0.717, 1.165) is 12.8 Å². The first-order chi connectivity index (χ1) is 10.9. The van der Waals surface area contributed by atoms with Gasteiger partial charge in [-0.05, 0) is 53.4 Å². The summed E-state index contributed by atoms with van der Waals surface area (Å²) < 4.78 is 32.5. The highest BCUT2D eigenvalue weighted by Gasteiger charge is 2.41. The van der Waals surface area contributed by atoms with Crippen molar-refractivity contribution < 1.29 is 17.9 Å². The number of ether oxygens (including phenoxy) is 1. The molecular weight excluding hydrogens is 406 g/mol. The lowest BCUT2D eigenvalue weighted by atomic mass is 10.2. The van der Waals surface area contributed by atoms with E-state index in [-0.39, 0.29) is 4.90 Å². The third-order valence-electron chi connectivity index (χ3n) is 3.70. The molecule has 1 atom stereocenters. The lowest BCUT2D eigenvalue weighted by molar-refractivity contribution is -0.147. The average molecular weight is 425 g/mol. The van der Waals surface area contributed by atoms with Crippen molar-refractivity contribution in [3.05, 3.63) is 27.7 Å². The van der Waals surface area contributed by atoms with Gasteiger partial charge in [0.25, 0.3) is 0 Å². The second-order valence-corrected chi connectivity index (χ2v) is 8.52. The fraction of sp³-hybridized carbons (Fsp3) is 0.533. The van der Waals surface area contributed by atoms with Gasteiger partial charge in [-0.3, -0.25) is 4.79 Å². The predicted molar refractivity (Wildman–Crippen MR) is 91.9 cm³/mol. The highest BCUT2D eigenvalue weighted by Crippen LogP contribution is 2.32. The average Bonchev–Trinajstić information content (AvgIpc) is 2.97. The third-order valence-corrected chi connectivity index (χ3v) is 6.82. The van der Waals surface area contributed by atoms with Gasteiger partial charge in [-0.1, -0.05) is 24.9 Å². The summed E-state index contributed by atoms with van der Waals surface area (Å²) in [5.41, 5.74) is 0. The lowest BCUT2D eigenvalue weighted by Crippen LogP contribution is -2.41. The van der Waals surface area contributed by atoms with Gasteiger partial charge in [0.2, 0.25) is 10.0 Å². The maximum atomic E-state index is 12.9. The molecule has 8 heteroatoms. The van der Waals surface area contributed by atoms with Crippen LogP contribution in [0.25, 0.3) is 0 Å². The van der Waals surface area contributed by atoms with E-state index in [1.54, 1.807) is 0 Å². The molecule has 1 aliphatic heterocycles. The minimum absolute atomic E-state index is 0.107. The molecule has 2 rings (SSSR count). The Kier molecular flexibility index (Phi) is 6.48. The van der Waals surface area contributed by atoms with Crippen molar-refractivity contribution in [1.82, 2.24) is 4.31 Å². The summed E-state index contributed by atoms with van der Waals surface area (Å²) in [6.45, 7) is 2.63. The van der Waals surface area contributed by atoms with Crippen LogP contribution in [0.4, 0.5) is 0 Å². The van der Waals surface area contributed by atoms with Crippen molar-refractivity contribution in [3.8, 4) is 0 Å². The summed E-state index contributed by atoms with van der Waals surface area (Å²) in [5.74, 6) is -0.468. The highest BCUT2D eigenvalue weighted by atomic mass is 79.9. The van der Waals surface area contributed by atoms with Crippen LogP contribution in [-0.4, -0.2) is 37.9 Å². The van der Waals surface area contributed by atoms with Crippen LogP contribution in [0.15, 0.2) is 27.6 Å². The maximum absolute atomic E-state index is 12.9. The predicted octanol–water partition coefficient (Wildman–Crippen LogP) is 3.60. The van der Waals surface area contributed by atoms with E-state index in [1.165, 1.54) is 22.5 Å². The summed E-state index contributed by atoms with van der Waals surface area (Å²) in [7, 11) is -3.78. The Hall–Kier alpha value is -0.630. The van der Waals surface area contributed by atoms with Gasteiger partial charge in [-0.25, -0.2) is 8.42 Å². The molecule has 1 saturated heterocycles. The summed E-state index contributed by atoms with van der Waals surface area (Å²) in [6.07, 6.45) is 2.80. The molecule has 0 spiro atoms. The molecule has 1 fully saturated rings. The zero-order valence-corrected chi connectivity index (χ0v) is 16.0. The largest absolute Gasteiger partial charge is 0.464 e. The topological polar surface area (TPSA) is 63.7 Å². The number of carbonyl (C=O) groups is 1. The van der Waals surface area contributed by atoms with E-state index in [1.807, 2.05) is 6.92 Å². The zero-order chi connectivity index (χ0) is 17.0. The van der Waals surface area contributed by atoms with Gasteiger partial charge in [-0.2, -0.15) is 4.31 Å². The Balaban J connectivity index is 2.22. The van der Waals surface area contributed by atoms with E-state index in [9.17, 15) is 13.2 Å². The number of hydrogen-bond donors (Lipinski definition) is 0. The van der Waals surface area contributed by atoms with Crippen LogP contribution in [0.3, 0.4) is 0 Å². The first kappa shape index (κ1) is 18.7. The molecule has 23 heavy (non-hydrogen) atoms. The Bertz CT molecular complexity index is 680. The third kappa shape index (κ3) is 4.26. The molecule has 0 aliphatic carbocycles. The molecule has 0 unspecified atom stereocenters. The first-order valence-electron chi connectivity index (χ1n) is 7.51. The molecule has 1 aromatic rings. The van der Waals surface area contributed by atoms with Crippen LogP contribution in [0.5, 0.6) is 0 Å². The molecule has 1 heterocycles. The van der Waals surface area contributed by atoms with Gasteiger partial charge < -0.3 is 4.74 Å². The minimum atomic E-state index is -3.78. The number of rotatable bonds is 6. The minimum Gasteiger partial charge on any atom is -0.464 e. The van der Waals surface area contributed by atoms with E-state index < -0.39 is 22.0 Å². The van der Waals surface area contributed by atoms with E-state index in [0.29, 0.717) is 35.5 Å². The van der Waals surface area contributed by atoms with E-state index in [4.69, 9.17) is 16.3 Å².